The van der Waals surface area contributed by atoms with E-state index < -0.39 is 0 Å². The van der Waals surface area contributed by atoms with Gasteiger partial charge in [0.1, 0.15) is 0 Å². The molecule has 0 bridgehead atoms. The van der Waals surface area contributed by atoms with Crippen LogP contribution in [0.2, 0.25) is 0 Å². The van der Waals surface area contributed by atoms with Crippen molar-refractivity contribution >= 4 is 0 Å². The molecule has 1 unspecified atom stereocenters. The van der Waals surface area contributed by atoms with Gasteiger partial charge < -0.3 is 10.2 Å². The Morgan fingerprint density at radius 2 is 2.28 bits per heavy atom. The highest BCUT2D eigenvalue weighted by molar-refractivity contribution is 5.37. The molecule has 0 radical (unpaired) electrons. The molecule has 96 valence electrons. The van der Waals surface area contributed by atoms with E-state index >= 15 is 0 Å². The van der Waals surface area contributed by atoms with Crippen molar-refractivity contribution in [2.45, 2.75) is 19.4 Å². The van der Waals surface area contributed by atoms with Crippen molar-refractivity contribution in [3.05, 3.63) is 35.4 Å². The van der Waals surface area contributed by atoms with Crippen LogP contribution in [0.25, 0.3) is 0 Å². The molecule has 3 heteroatoms. The topological polar surface area (TPSA) is 39.1 Å². The van der Waals surface area contributed by atoms with Gasteiger partial charge in [-0.3, -0.25) is 0 Å². The number of hydrogen-bond donors (Lipinski definition) is 1. The monoisotopic (exact) mass is 243 g/mol. The van der Waals surface area contributed by atoms with Crippen molar-refractivity contribution in [3.63, 3.8) is 0 Å². The Kier molecular flexibility index (Phi) is 4.74. The van der Waals surface area contributed by atoms with Crippen LogP contribution in [0.4, 0.5) is 0 Å². The van der Waals surface area contributed by atoms with E-state index in [9.17, 15) is 0 Å². The summed E-state index contributed by atoms with van der Waals surface area (Å²) < 4.78 is 0. The fourth-order valence-electron chi connectivity index (χ4n) is 2.64. The van der Waals surface area contributed by atoms with Gasteiger partial charge in [-0.2, -0.15) is 5.26 Å². The second kappa shape index (κ2) is 6.53. The van der Waals surface area contributed by atoms with Gasteiger partial charge >= 0.3 is 0 Å². The largest absolute Gasteiger partial charge is 0.316 e. The second-order valence-corrected chi connectivity index (χ2v) is 5.18. The lowest BCUT2D eigenvalue weighted by molar-refractivity contribution is 0.237. The number of piperidine rings is 1. The third-order valence-corrected chi connectivity index (χ3v) is 3.55. The lowest BCUT2D eigenvalue weighted by Crippen LogP contribution is -2.36. The molecule has 0 aromatic heterocycles. The summed E-state index contributed by atoms with van der Waals surface area (Å²) in [7, 11) is 2.14. The summed E-state index contributed by atoms with van der Waals surface area (Å²) in [6, 6.07) is 10.1. The van der Waals surface area contributed by atoms with Crippen LogP contribution in [-0.4, -0.2) is 31.6 Å². The Morgan fingerprint density at radius 1 is 1.44 bits per heavy atom. The normalized spacial score (nSPS) is 19.7. The average molecular weight is 243 g/mol. The summed E-state index contributed by atoms with van der Waals surface area (Å²) in [5.74, 6) is 0.748. The van der Waals surface area contributed by atoms with Crippen molar-refractivity contribution in [3.8, 4) is 6.07 Å². The number of hydrogen-bond acceptors (Lipinski definition) is 3. The van der Waals surface area contributed by atoms with Gasteiger partial charge in [-0.25, -0.2) is 0 Å². The van der Waals surface area contributed by atoms with Gasteiger partial charge in [0.25, 0.3) is 0 Å². The van der Waals surface area contributed by atoms with Gasteiger partial charge in [0.2, 0.25) is 0 Å². The molecular formula is C15H21N3. The van der Waals surface area contributed by atoms with Gasteiger partial charge in [0.15, 0.2) is 0 Å². The molecule has 0 amide bonds. The molecule has 0 spiro atoms. The molecule has 18 heavy (non-hydrogen) atoms. The first-order chi connectivity index (χ1) is 8.79. The van der Waals surface area contributed by atoms with Gasteiger partial charge in [-0.05, 0) is 50.5 Å². The number of nitrogens with one attached hydrogen (secondary N) is 1. The molecule has 1 aliphatic rings. The summed E-state index contributed by atoms with van der Waals surface area (Å²) in [5.41, 5.74) is 1.93. The minimum Gasteiger partial charge on any atom is -0.316 e. The van der Waals surface area contributed by atoms with E-state index in [1.807, 2.05) is 24.3 Å². The number of nitriles is 1. The molecule has 0 saturated carbocycles. The van der Waals surface area contributed by atoms with Crippen LogP contribution < -0.4 is 5.32 Å². The minimum absolute atomic E-state index is 0.748. The van der Waals surface area contributed by atoms with Crippen LogP contribution in [0.5, 0.6) is 0 Å². The van der Waals surface area contributed by atoms with Crippen molar-refractivity contribution < 1.29 is 0 Å². The Hall–Kier alpha value is -1.37. The average Bonchev–Trinajstić information content (AvgIpc) is 2.40. The van der Waals surface area contributed by atoms with Crippen molar-refractivity contribution in [2.75, 3.05) is 26.7 Å². The zero-order valence-corrected chi connectivity index (χ0v) is 11.0. The summed E-state index contributed by atoms with van der Waals surface area (Å²) in [6.45, 7) is 4.26. The van der Waals surface area contributed by atoms with E-state index in [1.165, 1.54) is 12.8 Å². The summed E-state index contributed by atoms with van der Waals surface area (Å²) in [5, 5.41) is 12.5. The van der Waals surface area contributed by atoms with E-state index in [-0.39, 0.29) is 0 Å². The van der Waals surface area contributed by atoms with E-state index in [0.29, 0.717) is 0 Å². The van der Waals surface area contributed by atoms with Gasteiger partial charge in [0, 0.05) is 13.1 Å². The molecular weight excluding hydrogens is 222 g/mol. The van der Waals surface area contributed by atoms with E-state index in [0.717, 1.165) is 43.2 Å². The Bertz CT molecular complexity index is 416. The lowest BCUT2D eigenvalue weighted by Gasteiger charge is -2.27. The van der Waals surface area contributed by atoms with Crippen molar-refractivity contribution in [2.24, 2.45) is 5.92 Å². The zero-order valence-electron chi connectivity index (χ0n) is 11.0. The van der Waals surface area contributed by atoms with E-state index in [1.54, 1.807) is 0 Å². The molecule has 1 aromatic rings. The summed E-state index contributed by atoms with van der Waals surface area (Å²) in [4.78, 5) is 2.33. The Morgan fingerprint density at radius 3 is 3.00 bits per heavy atom. The van der Waals surface area contributed by atoms with Crippen molar-refractivity contribution in [1.82, 2.24) is 10.2 Å². The third-order valence-electron chi connectivity index (χ3n) is 3.55. The quantitative estimate of drug-likeness (QED) is 0.879. The van der Waals surface area contributed by atoms with Gasteiger partial charge in [-0.1, -0.05) is 18.2 Å². The first-order valence-corrected chi connectivity index (χ1v) is 6.67. The summed E-state index contributed by atoms with van der Waals surface area (Å²) >= 11 is 0. The molecule has 2 rings (SSSR count). The second-order valence-electron chi connectivity index (χ2n) is 5.18. The zero-order chi connectivity index (χ0) is 12.8. The molecule has 1 aliphatic heterocycles. The van der Waals surface area contributed by atoms with Crippen LogP contribution >= 0.6 is 0 Å². The molecule has 1 heterocycles. The predicted octanol–water partition coefficient (Wildman–Crippen LogP) is 1.99. The number of nitrogens with zero attached hydrogens (tertiary/aromatic N) is 2. The highest BCUT2D eigenvalue weighted by atomic mass is 15.1. The molecule has 1 saturated heterocycles. The smallest absolute Gasteiger partial charge is 0.0995 e. The first kappa shape index (κ1) is 13.1. The van der Waals surface area contributed by atoms with Crippen molar-refractivity contribution in [1.29, 1.82) is 5.26 Å². The van der Waals surface area contributed by atoms with E-state index in [4.69, 9.17) is 5.26 Å². The number of rotatable bonds is 4. The lowest BCUT2D eigenvalue weighted by atomic mass is 9.99. The van der Waals surface area contributed by atoms with Gasteiger partial charge in [-0.15, -0.1) is 0 Å². The SMILES string of the molecule is CN(Cc1ccccc1C#N)CC1CCCNC1. The van der Waals surface area contributed by atoms with Crippen LogP contribution in [0.15, 0.2) is 24.3 Å². The van der Waals surface area contributed by atoms with E-state index in [2.05, 4.69) is 23.3 Å². The van der Waals surface area contributed by atoms with Crippen LogP contribution in [0, 0.1) is 17.2 Å². The molecule has 0 aliphatic carbocycles. The molecule has 1 N–H and O–H groups in total. The maximum Gasteiger partial charge on any atom is 0.0995 e. The van der Waals surface area contributed by atoms with Crippen LogP contribution in [0.1, 0.15) is 24.0 Å². The number of benzene rings is 1. The molecule has 1 aromatic carbocycles. The minimum atomic E-state index is 0.748. The fraction of sp³-hybridized carbons (Fsp3) is 0.533. The maximum atomic E-state index is 9.07. The summed E-state index contributed by atoms with van der Waals surface area (Å²) in [6.07, 6.45) is 2.60. The van der Waals surface area contributed by atoms with Crippen LogP contribution in [-0.2, 0) is 6.54 Å². The standard InChI is InChI=1S/C15H21N3/c1-18(11-13-5-4-8-17-10-13)12-15-7-3-2-6-14(15)9-16/h2-3,6-7,13,17H,4-5,8,10-12H2,1H3. The third kappa shape index (κ3) is 3.56. The van der Waals surface area contributed by atoms with Gasteiger partial charge in [0.05, 0.1) is 11.6 Å². The first-order valence-electron chi connectivity index (χ1n) is 6.67. The maximum absolute atomic E-state index is 9.07. The Balaban J connectivity index is 1.90. The van der Waals surface area contributed by atoms with Crippen LogP contribution in [0.3, 0.4) is 0 Å². The molecule has 1 atom stereocenters. The molecule has 1 fully saturated rings. The predicted molar refractivity (Wildman–Crippen MR) is 73.1 cm³/mol. The Labute approximate surface area is 109 Å². The highest BCUT2D eigenvalue weighted by Gasteiger charge is 2.15. The fourth-order valence-corrected chi connectivity index (χ4v) is 2.64. The molecule has 3 nitrogen and oxygen atoms in total. The highest BCUT2D eigenvalue weighted by Crippen LogP contribution is 2.14.